The Balaban J connectivity index is 1.43. The van der Waals surface area contributed by atoms with E-state index in [0.717, 1.165) is 38.3 Å². The Kier molecular flexibility index (Phi) is 6.07. The van der Waals surface area contributed by atoms with Crippen molar-refractivity contribution in [2.45, 2.75) is 26.3 Å². The van der Waals surface area contributed by atoms with Gasteiger partial charge in [0.25, 0.3) is 0 Å². The minimum atomic E-state index is 0.0961. The second-order valence-electron chi connectivity index (χ2n) is 6.53. The SMILES string of the molecule is Cc1cccc(CNC(=O)CCc2ccc(N3CCOCC3)cc2)c1. The first-order chi connectivity index (χ1) is 12.2. The highest BCUT2D eigenvalue weighted by molar-refractivity contribution is 5.76. The van der Waals surface area contributed by atoms with Crippen molar-refractivity contribution in [3.8, 4) is 0 Å². The van der Waals surface area contributed by atoms with Crippen LogP contribution in [0.3, 0.4) is 0 Å². The lowest BCUT2D eigenvalue weighted by Gasteiger charge is -2.28. The van der Waals surface area contributed by atoms with Gasteiger partial charge in [-0.05, 0) is 36.6 Å². The van der Waals surface area contributed by atoms with Crippen molar-refractivity contribution in [3.63, 3.8) is 0 Å². The Morgan fingerprint density at radius 2 is 1.84 bits per heavy atom. The predicted octanol–water partition coefficient (Wildman–Crippen LogP) is 3.08. The fourth-order valence-electron chi connectivity index (χ4n) is 3.06. The molecule has 25 heavy (non-hydrogen) atoms. The first-order valence-corrected chi connectivity index (χ1v) is 8.94. The van der Waals surface area contributed by atoms with Gasteiger partial charge in [0.05, 0.1) is 13.2 Å². The molecule has 1 heterocycles. The first kappa shape index (κ1) is 17.5. The van der Waals surface area contributed by atoms with Gasteiger partial charge >= 0.3 is 0 Å². The Morgan fingerprint density at radius 1 is 1.08 bits per heavy atom. The fourth-order valence-corrected chi connectivity index (χ4v) is 3.06. The summed E-state index contributed by atoms with van der Waals surface area (Å²) in [6.45, 7) is 6.13. The number of carbonyl (C=O) groups is 1. The van der Waals surface area contributed by atoms with Gasteiger partial charge in [-0.25, -0.2) is 0 Å². The van der Waals surface area contributed by atoms with Gasteiger partial charge in [-0.15, -0.1) is 0 Å². The highest BCUT2D eigenvalue weighted by Gasteiger charge is 2.11. The zero-order chi connectivity index (χ0) is 17.5. The van der Waals surface area contributed by atoms with Crippen LogP contribution in [0.2, 0.25) is 0 Å². The molecule has 0 bridgehead atoms. The van der Waals surface area contributed by atoms with Gasteiger partial charge in [0.1, 0.15) is 0 Å². The van der Waals surface area contributed by atoms with E-state index in [4.69, 9.17) is 4.74 Å². The van der Waals surface area contributed by atoms with Crippen LogP contribution < -0.4 is 10.2 Å². The number of hydrogen-bond donors (Lipinski definition) is 1. The molecule has 132 valence electrons. The molecule has 0 aromatic heterocycles. The van der Waals surface area contributed by atoms with Crippen molar-refractivity contribution in [1.82, 2.24) is 5.32 Å². The third kappa shape index (κ3) is 5.33. The molecule has 2 aromatic rings. The summed E-state index contributed by atoms with van der Waals surface area (Å²) < 4.78 is 5.39. The fraction of sp³-hybridized carbons (Fsp3) is 0.381. The van der Waals surface area contributed by atoms with Crippen LogP contribution in [-0.4, -0.2) is 32.2 Å². The van der Waals surface area contributed by atoms with E-state index in [0.29, 0.717) is 13.0 Å². The molecule has 0 spiro atoms. The molecule has 0 saturated carbocycles. The Morgan fingerprint density at radius 3 is 2.56 bits per heavy atom. The van der Waals surface area contributed by atoms with Crippen molar-refractivity contribution in [2.24, 2.45) is 0 Å². The number of nitrogens with zero attached hydrogens (tertiary/aromatic N) is 1. The number of rotatable bonds is 6. The molecule has 1 fully saturated rings. The predicted molar refractivity (Wildman–Crippen MR) is 101 cm³/mol. The summed E-state index contributed by atoms with van der Waals surface area (Å²) in [6.07, 6.45) is 1.28. The number of ether oxygens (including phenoxy) is 1. The Hall–Kier alpha value is -2.33. The van der Waals surface area contributed by atoms with Crippen LogP contribution >= 0.6 is 0 Å². The zero-order valence-electron chi connectivity index (χ0n) is 14.8. The molecule has 1 N–H and O–H groups in total. The standard InChI is InChI=1S/C21H26N2O2/c1-17-3-2-4-19(15-17)16-22-21(24)10-7-18-5-8-20(9-6-18)23-11-13-25-14-12-23/h2-6,8-9,15H,7,10-14,16H2,1H3,(H,22,24). The lowest BCUT2D eigenvalue weighted by Crippen LogP contribution is -2.36. The van der Waals surface area contributed by atoms with E-state index in [1.54, 1.807) is 0 Å². The Labute approximate surface area is 149 Å². The minimum absolute atomic E-state index is 0.0961. The van der Waals surface area contributed by atoms with Gasteiger partial charge < -0.3 is 15.0 Å². The lowest BCUT2D eigenvalue weighted by molar-refractivity contribution is -0.121. The molecular formula is C21H26N2O2. The van der Waals surface area contributed by atoms with E-state index in [2.05, 4.69) is 53.5 Å². The summed E-state index contributed by atoms with van der Waals surface area (Å²) in [4.78, 5) is 14.4. The number of hydrogen-bond acceptors (Lipinski definition) is 3. The monoisotopic (exact) mass is 338 g/mol. The number of amides is 1. The van der Waals surface area contributed by atoms with E-state index in [1.165, 1.54) is 16.8 Å². The van der Waals surface area contributed by atoms with E-state index < -0.39 is 0 Å². The molecule has 0 radical (unpaired) electrons. The maximum absolute atomic E-state index is 12.1. The molecule has 0 unspecified atom stereocenters. The Bertz CT molecular complexity index is 691. The summed E-state index contributed by atoms with van der Waals surface area (Å²) in [5.74, 6) is 0.0961. The van der Waals surface area contributed by atoms with Gasteiger partial charge in [-0.2, -0.15) is 0 Å². The van der Waals surface area contributed by atoms with Crippen molar-refractivity contribution in [2.75, 3.05) is 31.2 Å². The normalized spacial score (nSPS) is 14.4. The molecule has 0 aliphatic carbocycles. The van der Waals surface area contributed by atoms with Crippen LogP contribution in [0.25, 0.3) is 0 Å². The van der Waals surface area contributed by atoms with Crippen molar-refractivity contribution >= 4 is 11.6 Å². The maximum Gasteiger partial charge on any atom is 0.220 e. The van der Waals surface area contributed by atoms with Crippen LogP contribution in [0.1, 0.15) is 23.1 Å². The van der Waals surface area contributed by atoms with Crippen LogP contribution in [0.15, 0.2) is 48.5 Å². The second-order valence-corrected chi connectivity index (χ2v) is 6.53. The third-order valence-corrected chi connectivity index (χ3v) is 4.53. The molecule has 1 amide bonds. The summed E-state index contributed by atoms with van der Waals surface area (Å²) in [5.41, 5.74) is 4.79. The first-order valence-electron chi connectivity index (χ1n) is 8.94. The van der Waals surface area contributed by atoms with Crippen LogP contribution in [-0.2, 0) is 22.5 Å². The molecule has 1 saturated heterocycles. The minimum Gasteiger partial charge on any atom is -0.378 e. The molecule has 0 atom stereocenters. The quantitative estimate of drug-likeness (QED) is 0.880. The largest absolute Gasteiger partial charge is 0.378 e. The lowest BCUT2D eigenvalue weighted by atomic mass is 10.1. The van der Waals surface area contributed by atoms with Gasteiger partial charge in [-0.1, -0.05) is 42.0 Å². The molecule has 2 aromatic carbocycles. The average Bonchev–Trinajstić information content (AvgIpc) is 2.66. The highest BCUT2D eigenvalue weighted by Crippen LogP contribution is 2.17. The maximum atomic E-state index is 12.1. The van der Waals surface area contributed by atoms with E-state index in [-0.39, 0.29) is 5.91 Å². The molecule has 1 aliphatic rings. The zero-order valence-corrected chi connectivity index (χ0v) is 14.8. The average molecular weight is 338 g/mol. The summed E-state index contributed by atoms with van der Waals surface area (Å²) in [7, 11) is 0. The molecule has 1 aliphatic heterocycles. The number of benzene rings is 2. The van der Waals surface area contributed by atoms with Crippen LogP contribution in [0.4, 0.5) is 5.69 Å². The van der Waals surface area contributed by atoms with Crippen molar-refractivity contribution in [1.29, 1.82) is 0 Å². The number of anilines is 1. The smallest absolute Gasteiger partial charge is 0.220 e. The number of nitrogens with one attached hydrogen (secondary N) is 1. The van der Waals surface area contributed by atoms with E-state index in [9.17, 15) is 4.79 Å². The molecule has 4 nitrogen and oxygen atoms in total. The van der Waals surface area contributed by atoms with Gasteiger partial charge in [0.2, 0.25) is 5.91 Å². The number of morpholine rings is 1. The van der Waals surface area contributed by atoms with Crippen molar-refractivity contribution in [3.05, 3.63) is 65.2 Å². The van der Waals surface area contributed by atoms with Crippen molar-refractivity contribution < 1.29 is 9.53 Å². The van der Waals surface area contributed by atoms with Gasteiger partial charge in [0.15, 0.2) is 0 Å². The van der Waals surface area contributed by atoms with Crippen LogP contribution in [0.5, 0.6) is 0 Å². The molecular weight excluding hydrogens is 312 g/mol. The third-order valence-electron chi connectivity index (χ3n) is 4.53. The van der Waals surface area contributed by atoms with Gasteiger partial charge in [-0.3, -0.25) is 4.79 Å². The summed E-state index contributed by atoms with van der Waals surface area (Å²) in [6, 6.07) is 16.8. The van der Waals surface area contributed by atoms with E-state index >= 15 is 0 Å². The number of carbonyl (C=O) groups excluding carboxylic acids is 1. The topological polar surface area (TPSA) is 41.6 Å². The second kappa shape index (κ2) is 8.67. The molecule has 4 heteroatoms. The van der Waals surface area contributed by atoms with E-state index in [1.807, 2.05) is 12.1 Å². The molecule has 3 rings (SSSR count). The van der Waals surface area contributed by atoms with Crippen LogP contribution in [0, 0.1) is 6.92 Å². The number of aryl methyl sites for hydroxylation is 2. The summed E-state index contributed by atoms with van der Waals surface area (Å²) in [5, 5.41) is 3.00. The van der Waals surface area contributed by atoms with Gasteiger partial charge in [0, 0.05) is 31.7 Å². The highest BCUT2D eigenvalue weighted by atomic mass is 16.5. The summed E-state index contributed by atoms with van der Waals surface area (Å²) >= 11 is 0.